The van der Waals surface area contributed by atoms with Gasteiger partial charge in [0.15, 0.2) is 0 Å². The Bertz CT molecular complexity index is 193. The van der Waals surface area contributed by atoms with Crippen LogP contribution < -0.4 is 0 Å². The van der Waals surface area contributed by atoms with E-state index in [0.717, 1.165) is 13.1 Å². The van der Waals surface area contributed by atoms with E-state index in [1.165, 1.54) is 0 Å². The molecule has 0 radical (unpaired) electrons. The molecule has 0 aromatic rings. The molecule has 12 heavy (non-hydrogen) atoms. The van der Waals surface area contributed by atoms with Crippen molar-refractivity contribution in [2.24, 2.45) is 0 Å². The Kier molecular flexibility index (Phi) is 1.75. The topological polar surface area (TPSA) is 45.2 Å². The Balaban J connectivity index is 2.37. The van der Waals surface area contributed by atoms with Crippen LogP contribution in [0.15, 0.2) is 0 Å². The number of hydrogen-bond acceptors (Lipinski definition) is 5. The third-order valence-corrected chi connectivity index (χ3v) is 6.64. The number of hydrogen-bond donors (Lipinski definition) is 1. The van der Waals surface area contributed by atoms with Gasteiger partial charge < -0.3 is 0 Å². The van der Waals surface area contributed by atoms with Crippen LogP contribution in [0.25, 0.3) is 0 Å². The zero-order valence-electron chi connectivity index (χ0n) is 7.43. The van der Waals surface area contributed by atoms with Crippen LogP contribution in [0.2, 0.25) is 0 Å². The fourth-order valence-corrected chi connectivity index (χ4v) is 4.73. The van der Waals surface area contributed by atoms with Crippen molar-refractivity contribution in [3.05, 3.63) is 0 Å². The number of likely N-dealkylation sites (N-methyl/N-ethyl adjacent to an activating group) is 2. The Labute approximate surface area is 72.1 Å². The van der Waals surface area contributed by atoms with Crippen LogP contribution in [0.4, 0.5) is 0 Å². The van der Waals surface area contributed by atoms with Gasteiger partial charge in [-0.2, -0.15) is 0 Å². The van der Waals surface area contributed by atoms with Gasteiger partial charge in [0.1, 0.15) is 0 Å². The van der Waals surface area contributed by atoms with Gasteiger partial charge in [-0.3, -0.25) is 0 Å². The molecule has 2 aliphatic heterocycles. The molecule has 5 nitrogen and oxygen atoms in total. The summed E-state index contributed by atoms with van der Waals surface area (Å²) in [7, 11) is 0.198. The van der Waals surface area contributed by atoms with E-state index in [9.17, 15) is 4.89 Å². The third-order valence-electron chi connectivity index (χ3n) is 2.63. The van der Waals surface area contributed by atoms with E-state index >= 15 is 0 Å². The van der Waals surface area contributed by atoms with Crippen molar-refractivity contribution < 1.29 is 13.9 Å². The molecule has 0 bridgehead atoms. The Morgan fingerprint density at radius 3 is 1.75 bits per heavy atom. The average Bonchev–Trinajstić information content (AvgIpc) is 2.45. The predicted molar refractivity (Wildman–Crippen MR) is 46.3 cm³/mol. The second-order valence-corrected chi connectivity index (χ2v) is 6.81. The molecule has 0 saturated carbocycles. The van der Waals surface area contributed by atoms with Crippen LogP contribution in [0.5, 0.6) is 0 Å². The van der Waals surface area contributed by atoms with Gasteiger partial charge in [0, 0.05) is 0 Å². The Hall–Kier alpha value is 0.230. The zero-order valence-corrected chi connectivity index (χ0v) is 8.33. The van der Waals surface area contributed by atoms with Crippen LogP contribution >= 0.6 is 7.59 Å². The predicted octanol–water partition coefficient (Wildman–Crippen LogP) is 0.0310. The summed E-state index contributed by atoms with van der Waals surface area (Å²) >= 11 is 0. The fourth-order valence-electron chi connectivity index (χ4n) is 1.70. The first-order valence-electron chi connectivity index (χ1n) is 4.07. The second-order valence-electron chi connectivity index (χ2n) is 3.26. The minimum atomic E-state index is -3.48. The summed E-state index contributed by atoms with van der Waals surface area (Å²) in [5.41, 5.74) is 0. The standard InChI is InChI=1S/C6H15N2O3P/c1-7-3-5-10-12(7,9)8(2)4-6-11-12/h9H,3-6H2,1-2H3. The quantitative estimate of drug-likeness (QED) is 0.551. The van der Waals surface area contributed by atoms with Crippen LogP contribution in [0.1, 0.15) is 0 Å². The van der Waals surface area contributed by atoms with Gasteiger partial charge in [0.2, 0.25) is 0 Å². The maximum absolute atomic E-state index is 10.4. The van der Waals surface area contributed by atoms with E-state index in [0.29, 0.717) is 13.2 Å². The number of rotatable bonds is 0. The first-order chi connectivity index (χ1) is 5.57. The average molecular weight is 194 g/mol. The molecule has 0 amide bonds. The minimum absolute atomic E-state index is 0.551. The van der Waals surface area contributed by atoms with E-state index < -0.39 is 7.59 Å². The summed E-state index contributed by atoms with van der Waals surface area (Å²) in [4.78, 5) is 10.4. The SMILES string of the molecule is CN1CCOP12(O)OCCN2C. The monoisotopic (exact) mass is 194 g/mol. The molecule has 6 heteroatoms. The molecular weight excluding hydrogens is 179 g/mol. The summed E-state index contributed by atoms with van der Waals surface area (Å²) in [6, 6.07) is 0. The van der Waals surface area contributed by atoms with Gasteiger partial charge in [-0.1, -0.05) is 0 Å². The first kappa shape index (κ1) is 8.81. The van der Waals surface area contributed by atoms with Crippen LogP contribution in [-0.2, 0) is 9.05 Å². The van der Waals surface area contributed by atoms with Crippen molar-refractivity contribution in [3.8, 4) is 0 Å². The van der Waals surface area contributed by atoms with Crippen molar-refractivity contribution in [1.82, 2.24) is 9.34 Å². The van der Waals surface area contributed by atoms with Gasteiger partial charge in [0.25, 0.3) is 0 Å². The van der Waals surface area contributed by atoms with Gasteiger partial charge in [-0.15, -0.1) is 0 Å². The van der Waals surface area contributed by atoms with Gasteiger partial charge in [-0.05, 0) is 0 Å². The molecule has 0 aromatic heterocycles. The summed E-state index contributed by atoms with van der Waals surface area (Å²) in [5.74, 6) is 0. The van der Waals surface area contributed by atoms with E-state index in [1.54, 1.807) is 9.34 Å². The van der Waals surface area contributed by atoms with Crippen LogP contribution in [-0.4, -0.2) is 54.6 Å². The molecule has 2 saturated heterocycles. The maximum atomic E-state index is 10.4. The van der Waals surface area contributed by atoms with E-state index in [2.05, 4.69) is 0 Å². The summed E-state index contributed by atoms with van der Waals surface area (Å²) in [5, 5.41) is 0. The van der Waals surface area contributed by atoms with Gasteiger partial charge in [-0.25, -0.2) is 0 Å². The summed E-state index contributed by atoms with van der Waals surface area (Å²) < 4.78 is 14.5. The normalized spacial score (nSPS) is 38.4. The summed E-state index contributed by atoms with van der Waals surface area (Å²) in [6.07, 6.45) is 0. The van der Waals surface area contributed by atoms with Crippen LogP contribution in [0.3, 0.4) is 0 Å². The summed E-state index contributed by atoms with van der Waals surface area (Å²) in [6.45, 7) is 2.57. The Morgan fingerprint density at radius 1 is 1.08 bits per heavy atom. The van der Waals surface area contributed by atoms with Crippen molar-refractivity contribution in [3.63, 3.8) is 0 Å². The molecule has 0 aliphatic carbocycles. The second kappa shape index (κ2) is 2.38. The molecule has 2 aliphatic rings. The Morgan fingerprint density at radius 2 is 1.50 bits per heavy atom. The molecule has 2 heterocycles. The fraction of sp³-hybridized carbons (Fsp3) is 1.00. The molecular formula is C6H15N2O3P. The van der Waals surface area contributed by atoms with Crippen molar-refractivity contribution in [2.45, 2.75) is 0 Å². The van der Waals surface area contributed by atoms with Crippen molar-refractivity contribution >= 4 is 7.59 Å². The third kappa shape index (κ3) is 0.839. The molecule has 0 atom stereocenters. The van der Waals surface area contributed by atoms with Crippen LogP contribution in [0, 0.1) is 0 Å². The molecule has 2 rings (SSSR count). The molecule has 72 valence electrons. The molecule has 0 aromatic carbocycles. The van der Waals surface area contributed by atoms with Gasteiger partial charge in [0.05, 0.1) is 0 Å². The van der Waals surface area contributed by atoms with E-state index in [1.807, 2.05) is 14.1 Å². The molecule has 2 fully saturated rings. The van der Waals surface area contributed by atoms with Crippen molar-refractivity contribution in [2.75, 3.05) is 40.4 Å². The first-order valence-corrected chi connectivity index (χ1v) is 6.00. The van der Waals surface area contributed by atoms with E-state index in [4.69, 9.17) is 9.05 Å². The van der Waals surface area contributed by atoms with Gasteiger partial charge >= 0.3 is 71.3 Å². The molecule has 1 spiro atoms. The van der Waals surface area contributed by atoms with Crippen molar-refractivity contribution in [1.29, 1.82) is 0 Å². The molecule has 1 N–H and O–H groups in total. The number of nitrogens with zero attached hydrogens (tertiary/aromatic N) is 2. The molecule has 0 unspecified atom stereocenters. The van der Waals surface area contributed by atoms with E-state index in [-0.39, 0.29) is 0 Å². The zero-order chi connectivity index (χ0) is 8.84.